The number of rotatable bonds is 16. The number of carbonyl (C=O) groups excluding carboxylic acids is 2. The highest BCUT2D eigenvalue weighted by Gasteiger charge is 2.24. The number of imide groups is 1. The van der Waals surface area contributed by atoms with E-state index >= 15 is 0 Å². The third-order valence-electron chi connectivity index (χ3n) is 5.17. The Bertz CT molecular complexity index is 654. The zero-order chi connectivity index (χ0) is 22.9. The molecule has 0 radical (unpaired) electrons. The summed E-state index contributed by atoms with van der Waals surface area (Å²) in [6, 6.07) is 2.90. The summed E-state index contributed by atoms with van der Waals surface area (Å²) in [5.41, 5.74) is 8.08. The lowest BCUT2D eigenvalue weighted by atomic mass is 10.1. The van der Waals surface area contributed by atoms with Crippen LogP contribution < -0.4 is 16.5 Å². The van der Waals surface area contributed by atoms with Crippen molar-refractivity contribution in [3.05, 3.63) is 23.8 Å². The van der Waals surface area contributed by atoms with Gasteiger partial charge in [-0.2, -0.15) is 5.01 Å². The van der Waals surface area contributed by atoms with Gasteiger partial charge in [0.25, 0.3) is 5.91 Å². The number of hydrogen-bond donors (Lipinski definition) is 5. The smallest absolute Gasteiger partial charge is 0.340 e. The number of nitrogens with zero attached hydrogens (tertiary/aromatic N) is 1. The van der Waals surface area contributed by atoms with E-state index in [0.29, 0.717) is 6.54 Å². The summed E-state index contributed by atoms with van der Waals surface area (Å²) in [4.78, 5) is 24.9. The quantitative estimate of drug-likeness (QED) is 0.149. The molecule has 31 heavy (non-hydrogen) atoms. The monoisotopic (exact) mass is 436 g/mol. The fourth-order valence-electron chi connectivity index (χ4n) is 3.38. The summed E-state index contributed by atoms with van der Waals surface area (Å²) in [7, 11) is 0. The van der Waals surface area contributed by atoms with Crippen molar-refractivity contribution in [1.29, 1.82) is 0 Å². The van der Waals surface area contributed by atoms with Crippen LogP contribution in [0.4, 0.5) is 4.79 Å². The number of nitrogens with two attached hydrogens (primary N) is 1. The summed E-state index contributed by atoms with van der Waals surface area (Å²) in [5.74, 6) is -1.29. The minimum absolute atomic E-state index is 0.0906. The molecule has 6 N–H and O–H groups in total. The number of benzene rings is 1. The van der Waals surface area contributed by atoms with E-state index in [0.717, 1.165) is 30.3 Å². The van der Waals surface area contributed by atoms with Crippen LogP contribution in [-0.2, 0) is 0 Å². The Kier molecular flexibility index (Phi) is 14.1. The minimum atomic E-state index is -0.720. The molecular formula is C23H40N4O4. The molecule has 1 aromatic carbocycles. The Labute approximate surface area is 186 Å². The molecule has 1 rings (SSSR count). The second-order valence-electron chi connectivity index (χ2n) is 7.83. The van der Waals surface area contributed by atoms with Crippen molar-refractivity contribution < 1.29 is 19.8 Å². The van der Waals surface area contributed by atoms with Crippen molar-refractivity contribution in [2.45, 2.75) is 84.0 Å². The number of hydrazine groups is 1. The topological polar surface area (TPSA) is 128 Å². The highest BCUT2D eigenvalue weighted by Crippen LogP contribution is 2.23. The summed E-state index contributed by atoms with van der Waals surface area (Å²) < 4.78 is 0. The van der Waals surface area contributed by atoms with Crippen molar-refractivity contribution in [3.8, 4) is 11.5 Å². The molecule has 0 aliphatic rings. The van der Waals surface area contributed by atoms with Gasteiger partial charge < -0.3 is 21.3 Å². The van der Waals surface area contributed by atoms with Gasteiger partial charge in [0.2, 0.25) is 0 Å². The van der Waals surface area contributed by atoms with Gasteiger partial charge >= 0.3 is 6.03 Å². The van der Waals surface area contributed by atoms with Crippen LogP contribution in [0.2, 0.25) is 0 Å². The van der Waals surface area contributed by atoms with Gasteiger partial charge in [0.05, 0.1) is 12.2 Å². The first-order chi connectivity index (χ1) is 15.0. The van der Waals surface area contributed by atoms with E-state index in [-0.39, 0.29) is 18.0 Å². The van der Waals surface area contributed by atoms with Crippen LogP contribution in [-0.4, -0.2) is 40.4 Å². The summed E-state index contributed by atoms with van der Waals surface area (Å²) in [6.07, 6.45) is 14.7. The number of amides is 3. The SMILES string of the molecule is CCCCCCCCCCCCCCNN(C(=O)NCN)C(=O)c1ccc(O)cc1O. The Balaban J connectivity index is 2.30. The molecule has 0 unspecified atom stereocenters. The number of carbonyl (C=O) groups is 2. The zero-order valence-electron chi connectivity index (χ0n) is 18.9. The van der Waals surface area contributed by atoms with E-state index in [9.17, 15) is 19.8 Å². The Morgan fingerprint density at radius 1 is 0.903 bits per heavy atom. The van der Waals surface area contributed by atoms with Gasteiger partial charge in [0, 0.05) is 12.6 Å². The third-order valence-corrected chi connectivity index (χ3v) is 5.17. The number of nitrogens with one attached hydrogen (secondary N) is 2. The fraction of sp³-hybridized carbons (Fsp3) is 0.652. The van der Waals surface area contributed by atoms with Gasteiger partial charge in [-0.1, -0.05) is 77.6 Å². The first-order valence-electron chi connectivity index (χ1n) is 11.6. The summed E-state index contributed by atoms with van der Waals surface area (Å²) in [6.45, 7) is 2.56. The van der Waals surface area contributed by atoms with Crippen molar-refractivity contribution >= 4 is 11.9 Å². The van der Waals surface area contributed by atoms with E-state index in [1.807, 2.05) is 0 Å². The highest BCUT2D eigenvalue weighted by molar-refractivity contribution is 6.05. The Morgan fingerprint density at radius 3 is 1.97 bits per heavy atom. The molecule has 176 valence electrons. The third kappa shape index (κ3) is 11.0. The van der Waals surface area contributed by atoms with Gasteiger partial charge in [0.15, 0.2) is 0 Å². The lowest BCUT2D eigenvalue weighted by Gasteiger charge is -2.22. The van der Waals surface area contributed by atoms with E-state index in [1.54, 1.807) is 0 Å². The molecule has 0 heterocycles. The molecule has 0 aliphatic heterocycles. The number of phenolic OH excluding ortho intramolecular Hbond substituents is 2. The maximum absolute atomic E-state index is 12.7. The predicted molar refractivity (Wildman–Crippen MR) is 123 cm³/mol. The van der Waals surface area contributed by atoms with Gasteiger partial charge in [-0.05, 0) is 18.6 Å². The minimum Gasteiger partial charge on any atom is -0.508 e. The van der Waals surface area contributed by atoms with E-state index in [4.69, 9.17) is 5.73 Å². The molecule has 0 atom stereocenters. The van der Waals surface area contributed by atoms with Crippen LogP contribution in [0.25, 0.3) is 0 Å². The molecule has 0 aromatic heterocycles. The van der Waals surface area contributed by atoms with Crippen LogP contribution in [0.3, 0.4) is 0 Å². The average molecular weight is 437 g/mol. The molecule has 8 nitrogen and oxygen atoms in total. The van der Waals surface area contributed by atoms with Crippen molar-refractivity contribution in [1.82, 2.24) is 15.8 Å². The molecule has 0 spiro atoms. The Morgan fingerprint density at radius 2 is 1.45 bits per heavy atom. The van der Waals surface area contributed by atoms with Crippen LogP contribution in [0.5, 0.6) is 11.5 Å². The van der Waals surface area contributed by atoms with Gasteiger partial charge in [-0.3, -0.25) is 4.79 Å². The molecule has 1 aromatic rings. The molecule has 8 heteroatoms. The normalized spacial score (nSPS) is 10.8. The number of aromatic hydroxyl groups is 2. The maximum atomic E-state index is 12.7. The van der Waals surface area contributed by atoms with Crippen LogP contribution in [0.15, 0.2) is 18.2 Å². The first kappa shape index (κ1) is 26.7. The largest absolute Gasteiger partial charge is 0.508 e. The van der Waals surface area contributed by atoms with Crippen LogP contribution in [0, 0.1) is 0 Å². The average Bonchev–Trinajstić information content (AvgIpc) is 2.74. The number of hydrogen-bond acceptors (Lipinski definition) is 6. The number of urea groups is 1. The number of unbranched alkanes of at least 4 members (excludes halogenated alkanes) is 11. The van der Waals surface area contributed by atoms with Crippen molar-refractivity contribution in [2.75, 3.05) is 13.2 Å². The fourth-order valence-corrected chi connectivity index (χ4v) is 3.38. The second-order valence-corrected chi connectivity index (χ2v) is 7.83. The Hall–Kier alpha value is -2.32. The summed E-state index contributed by atoms with van der Waals surface area (Å²) in [5, 5.41) is 22.5. The van der Waals surface area contributed by atoms with Gasteiger partial charge in [-0.15, -0.1) is 0 Å². The molecule has 3 amide bonds. The predicted octanol–water partition coefficient (Wildman–Crippen LogP) is 4.37. The highest BCUT2D eigenvalue weighted by atomic mass is 16.3. The van der Waals surface area contributed by atoms with E-state index < -0.39 is 17.7 Å². The zero-order valence-corrected chi connectivity index (χ0v) is 18.9. The molecule has 0 saturated carbocycles. The van der Waals surface area contributed by atoms with Crippen molar-refractivity contribution in [2.24, 2.45) is 5.73 Å². The maximum Gasteiger partial charge on any atom is 0.340 e. The lowest BCUT2D eigenvalue weighted by Crippen LogP contribution is -2.52. The molecular weight excluding hydrogens is 396 g/mol. The lowest BCUT2D eigenvalue weighted by molar-refractivity contribution is 0.0723. The molecule has 0 saturated heterocycles. The standard InChI is InChI=1S/C23H40N4O4/c1-2-3-4-5-6-7-8-9-10-11-12-13-16-26-27(23(31)25-18-24)22(30)20-15-14-19(28)17-21(20)29/h14-15,17,26,28-29H,2-13,16,18,24H2,1H3,(H,25,31). The number of phenols is 2. The molecule has 0 fully saturated rings. The molecule has 0 aliphatic carbocycles. The van der Waals surface area contributed by atoms with Crippen molar-refractivity contribution in [3.63, 3.8) is 0 Å². The van der Waals surface area contributed by atoms with E-state index in [1.165, 1.54) is 69.9 Å². The van der Waals surface area contributed by atoms with Gasteiger partial charge in [0.1, 0.15) is 11.5 Å². The van der Waals surface area contributed by atoms with Crippen LogP contribution in [0.1, 0.15) is 94.3 Å². The summed E-state index contributed by atoms with van der Waals surface area (Å²) >= 11 is 0. The first-order valence-corrected chi connectivity index (χ1v) is 11.6. The van der Waals surface area contributed by atoms with E-state index in [2.05, 4.69) is 17.7 Å². The molecule has 0 bridgehead atoms. The van der Waals surface area contributed by atoms with Crippen LogP contribution >= 0.6 is 0 Å². The van der Waals surface area contributed by atoms with Gasteiger partial charge in [-0.25, -0.2) is 10.2 Å². The second kappa shape index (κ2) is 16.4.